The highest BCUT2D eigenvalue weighted by atomic mass is 32.2. The first-order valence-electron chi connectivity index (χ1n) is 5.03. The lowest BCUT2D eigenvalue weighted by atomic mass is 10.1. The normalized spacial score (nSPS) is 16.6. The van der Waals surface area contributed by atoms with Crippen LogP contribution in [-0.4, -0.2) is 17.3 Å². The molecule has 1 aliphatic heterocycles. The summed E-state index contributed by atoms with van der Waals surface area (Å²) in [5.41, 5.74) is 1.49. The number of thioether (sulfide) groups is 1. The number of nitrogens with one attached hydrogen (secondary N) is 1. The third kappa shape index (κ3) is 2.55. The summed E-state index contributed by atoms with van der Waals surface area (Å²) in [6.07, 6.45) is 7.15. The zero-order chi connectivity index (χ0) is 13.1. The largest absolute Gasteiger partial charge is 0.495 e. The van der Waals surface area contributed by atoms with Crippen molar-refractivity contribution in [3.63, 3.8) is 0 Å². The number of hydrogen-bond acceptors (Lipinski definition) is 4. The van der Waals surface area contributed by atoms with Crippen LogP contribution in [0.4, 0.5) is 0 Å². The molecule has 5 heteroatoms. The molecular weight excluding hydrogens is 266 g/mol. The maximum atomic E-state index is 11.5. The van der Waals surface area contributed by atoms with Crippen molar-refractivity contribution >= 4 is 40.3 Å². The predicted octanol–water partition coefficient (Wildman–Crippen LogP) is 2.17. The van der Waals surface area contributed by atoms with Crippen molar-refractivity contribution in [3.05, 3.63) is 34.2 Å². The maximum Gasteiger partial charge on any atom is 0.263 e. The number of carbonyl (C=O) groups is 1. The van der Waals surface area contributed by atoms with E-state index >= 15 is 0 Å². The average molecular weight is 275 g/mol. The molecule has 1 aliphatic rings. The second kappa shape index (κ2) is 5.25. The molecule has 3 nitrogen and oxygen atoms in total. The molecule has 90 valence electrons. The van der Waals surface area contributed by atoms with Crippen molar-refractivity contribution in [1.82, 2.24) is 5.32 Å². The molecule has 0 unspecified atom stereocenters. The number of terminal acetylenes is 1. The van der Waals surface area contributed by atoms with Crippen molar-refractivity contribution in [2.24, 2.45) is 0 Å². The topological polar surface area (TPSA) is 38.3 Å². The summed E-state index contributed by atoms with van der Waals surface area (Å²) in [4.78, 5) is 12.1. The van der Waals surface area contributed by atoms with E-state index in [2.05, 4.69) is 11.2 Å². The predicted molar refractivity (Wildman–Crippen MR) is 77.2 cm³/mol. The van der Waals surface area contributed by atoms with Crippen molar-refractivity contribution in [2.75, 3.05) is 7.11 Å². The van der Waals surface area contributed by atoms with Gasteiger partial charge in [-0.25, -0.2) is 0 Å². The summed E-state index contributed by atoms with van der Waals surface area (Å²) in [5, 5.41) is 2.56. The molecule has 1 N–H and O–H groups in total. The molecule has 1 heterocycles. The molecule has 2 rings (SSSR count). The number of benzene rings is 1. The van der Waals surface area contributed by atoms with Crippen LogP contribution in [0.2, 0.25) is 0 Å². The van der Waals surface area contributed by atoms with Crippen molar-refractivity contribution in [1.29, 1.82) is 0 Å². The molecule has 0 radical (unpaired) electrons. The van der Waals surface area contributed by atoms with Crippen LogP contribution in [0.25, 0.3) is 6.08 Å². The average Bonchev–Trinajstić information content (AvgIpc) is 2.67. The Bertz CT molecular complexity index is 599. The molecule has 1 amide bonds. The van der Waals surface area contributed by atoms with Gasteiger partial charge in [-0.15, -0.1) is 6.42 Å². The Hall–Kier alpha value is -1.77. The smallest absolute Gasteiger partial charge is 0.263 e. The monoisotopic (exact) mass is 275 g/mol. The minimum absolute atomic E-state index is 0.178. The Morgan fingerprint density at radius 1 is 1.56 bits per heavy atom. The highest BCUT2D eigenvalue weighted by Gasteiger charge is 2.21. The van der Waals surface area contributed by atoms with Crippen molar-refractivity contribution in [3.8, 4) is 18.1 Å². The molecular formula is C13H9NO2S2. The second-order valence-corrected chi connectivity index (χ2v) is 5.18. The molecule has 0 aliphatic carbocycles. The number of rotatable bonds is 2. The van der Waals surface area contributed by atoms with Crippen LogP contribution >= 0.6 is 24.0 Å². The van der Waals surface area contributed by atoms with E-state index < -0.39 is 0 Å². The number of carbonyl (C=O) groups excluding carboxylic acids is 1. The number of methoxy groups -OCH3 is 1. The van der Waals surface area contributed by atoms with Gasteiger partial charge in [0.05, 0.1) is 17.6 Å². The highest BCUT2D eigenvalue weighted by Crippen LogP contribution is 2.27. The summed E-state index contributed by atoms with van der Waals surface area (Å²) in [6, 6.07) is 5.40. The van der Waals surface area contributed by atoms with Gasteiger partial charge >= 0.3 is 0 Å². The molecule has 0 aromatic heterocycles. The molecule has 18 heavy (non-hydrogen) atoms. The molecule has 1 aromatic rings. The molecule has 1 fully saturated rings. The summed E-state index contributed by atoms with van der Waals surface area (Å²) in [5.74, 6) is 3.00. The van der Waals surface area contributed by atoms with Crippen LogP contribution in [0, 0.1) is 12.3 Å². The van der Waals surface area contributed by atoms with Crippen LogP contribution in [0.3, 0.4) is 0 Å². The lowest BCUT2D eigenvalue weighted by Gasteiger charge is -2.04. The highest BCUT2D eigenvalue weighted by molar-refractivity contribution is 8.26. The Morgan fingerprint density at radius 2 is 2.33 bits per heavy atom. The SMILES string of the molecule is C#Cc1cc(/C=C2\SC(=S)NC2=O)ccc1OC. The minimum Gasteiger partial charge on any atom is -0.495 e. The van der Waals surface area contributed by atoms with E-state index in [1.54, 1.807) is 25.3 Å². The first-order chi connectivity index (χ1) is 8.63. The van der Waals surface area contributed by atoms with E-state index in [-0.39, 0.29) is 5.91 Å². The van der Waals surface area contributed by atoms with E-state index in [0.29, 0.717) is 20.5 Å². The van der Waals surface area contributed by atoms with Crippen molar-refractivity contribution < 1.29 is 9.53 Å². The van der Waals surface area contributed by atoms with Gasteiger partial charge in [0.15, 0.2) is 0 Å². The van der Waals surface area contributed by atoms with Gasteiger partial charge in [0.2, 0.25) is 0 Å². The van der Waals surface area contributed by atoms with Crippen LogP contribution in [-0.2, 0) is 4.79 Å². The quantitative estimate of drug-likeness (QED) is 0.510. The van der Waals surface area contributed by atoms with Gasteiger partial charge in [0, 0.05) is 0 Å². The summed E-state index contributed by atoms with van der Waals surface area (Å²) < 4.78 is 5.60. The Kier molecular flexibility index (Phi) is 3.70. The molecule has 0 atom stereocenters. The standard InChI is InChI=1S/C13H9NO2S2/c1-3-9-6-8(4-5-10(9)16-2)7-11-12(15)14-13(17)18-11/h1,4-7H,2H3,(H,14,15,17)/b11-7-. The first-order valence-corrected chi connectivity index (χ1v) is 6.26. The minimum atomic E-state index is -0.178. The van der Waals surface area contributed by atoms with E-state index in [4.69, 9.17) is 23.4 Å². The van der Waals surface area contributed by atoms with E-state index in [1.165, 1.54) is 11.8 Å². The van der Waals surface area contributed by atoms with Crippen LogP contribution in [0.1, 0.15) is 11.1 Å². The molecule has 0 bridgehead atoms. The lowest BCUT2D eigenvalue weighted by molar-refractivity contribution is -0.115. The summed E-state index contributed by atoms with van der Waals surface area (Å²) in [7, 11) is 1.56. The van der Waals surface area contributed by atoms with E-state index in [1.807, 2.05) is 6.07 Å². The third-order valence-electron chi connectivity index (χ3n) is 2.32. The Balaban J connectivity index is 2.36. The fourth-order valence-corrected chi connectivity index (χ4v) is 2.54. The van der Waals surface area contributed by atoms with Gasteiger partial charge < -0.3 is 10.1 Å². The van der Waals surface area contributed by atoms with Gasteiger partial charge in [0.1, 0.15) is 10.1 Å². The first kappa shape index (κ1) is 12.7. The fraction of sp³-hybridized carbons (Fsp3) is 0.0769. The number of thiocarbonyl (C=S) groups is 1. The van der Waals surface area contributed by atoms with Crippen LogP contribution in [0.15, 0.2) is 23.1 Å². The Labute approximate surface area is 115 Å². The van der Waals surface area contributed by atoms with Crippen molar-refractivity contribution in [2.45, 2.75) is 0 Å². The zero-order valence-electron chi connectivity index (χ0n) is 9.52. The summed E-state index contributed by atoms with van der Waals surface area (Å²) in [6.45, 7) is 0. The van der Waals surface area contributed by atoms with Gasteiger partial charge in [0.25, 0.3) is 5.91 Å². The van der Waals surface area contributed by atoms with E-state index in [0.717, 1.165) is 5.56 Å². The number of ether oxygens (including phenoxy) is 1. The molecule has 1 aromatic carbocycles. The van der Waals surface area contributed by atoms with Crippen LogP contribution < -0.4 is 10.1 Å². The van der Waals surface area contributed by atoms with Gasteiger partial charge in [-0.2, -0.15) is 0 Å². The number of hydrogen-bond donors (Lipinski definition) is 1. The Morgan fingerprint density at radius 3 is 2.89 bits per heavy atom. The van der Waals surface area contributed by atoms with Gasteiger partial charge in [-0.1, -0.05) is 36.0 Å². The molecule has 0 spiro atoms. The van der Waals surface area contributed by atoms with Gasteiger partial charge in [-0.05, 0) is 23.8 Å². The molecule has 1 saturated heterocycles. The summed E-state index contributed by atoms with van der Waals surface area (Å²) >= 11 is 6.16. The van der Waals surface area contributed by atoms with Gasteiger partial charge in [-0.3, -0.25) is 4.79 Å². The zero-order valence-corrected chi connectivity index (χ0v) is 11.2. The molecule has 0 saturated carbocycles. The second-order valence-electron chi connectivity index (χ2n) is 3.46. The maximum absolute atomic E-state index is 11.5. The lowest BCUT2D eigenvalue weighted by Crippen LogP contribution is -2.17. The van der Waals surface area contributed by atoms with Crippen LogP contribution in [0.5, 0.6) is 5.75 Å². The fourth-order valence-electron chi connectivity index (χ4n) is 1.50. The van der Waals surface area contributed by atoms with E-state index in [9.17, 15) is 4.79 Å². The number of amides is 1. The third-order valence-corrected chi connectivity index (χ3v) is 3.48.